The van der Waals surface area contributed by atoms with Gasteiger partial charge in [0.25, 0.3) is 0 Å². The molecule has 0 radical (unpaired) electrons. The van der Waals surface area contributed by atoms with E-state index in [-0.39, 0.29) is 22.9 Å². The molecule has 0 saturated carbocycles. The molecule has 0 aliphatic rings. The van der Waals surface area contributed by atoms with Crippen LogP contribution in [0.3, 0.4) is 0 Å². The van der Waals surface area contributed by atoms with Crippen LogP contribution in [0, 0.1) is 11.6 Å². The molecule has 5 aromatic rings. The lowest BCUT2D eigenvalue weighted by atomic mass is 9.78. The summed E-state index contributed by atoms with van der Waals surface area (Å²) in [6, 6.07) is 33.7. The van der Waals surface area contributed by atoms with Gasteiger partial charge < -0.3 is 19.5 Å². The summed E-state index contributed by atoms with van der Waals surface area (Å²) >= 11 is 0. The van der Waals surface area contributed by atoms with Gasteiger partial charge >= 0.3 is 7.12 Å². The molecule has 49 heavy (non-hydrogen) atoms. The van der Waals surface area contributed by atoms with Gasteiger partial charge in [-0.25, -0.2) is 8.78 Å². The van der Waals surface area contributed by atoms with Crippen LogP contribution in [0.4, 0.5) is 8.78 Å². The quantitative estimate of drug-likeness (QED) is 0.110. The summed E-state index contributed by atoms with van der Waals surface area (Å²) in [6.45, 7) is 8.73. The minimum atomic E-state index is -1.09. The summed E-state index contributed by atoms with van der Waals surface area (Å²) in [7, 11) is -1.09. The van der Waals surface area contributed by atoms with Crippen molar-refractivity contribution in [3.8, 4) is 23.0 Å². The second kappa shape index (κ2) is 16.6. The summed E-state index contributed by atoms with van der Waals surface area (Å²) in [5.41, 5.74) is 4.94. The topological polar surface area (TPSA) is 58.9 Å². The molecule has 0 heterocycles. The maximum Gasteiger partial charge on any atom is 0.632 e. The smallest absolute Gasteiger partial charge is 0.522 e. The molecule has 0 spiro atoms. The Morgan fingerprint density at radius 2 is 0.878 bits per heavy atom. The third-order valence-electron chi connectivity index (χ3n) is 9.53. The Labute approximate surface area is 289 Å². The summed E-state index contributed by atoms with van der Waals surface area (Å²) in [5.74, 6) is 1.39. The lowest BCUT2D eigenvalue weighted by molar-refractivity contribution is 0.437. The lowest BCUT2D eigenvalue weighted by Crippen LogP contribution is -2.43. The lowest BCUT2D eigenvalue weighted by Gasteiger charge is -2.22. The molecule has 0 aliphatic heterocycles. The molecule has 0 fully saturated rings. The van der Waals surface area contributed by atoms with Crippen LogP contribution in [-0.2, 0) is 0 Å². The zero-order valence-corrected chi connectivity index (χ0v) is 28.7. The number of phenols is 2. The SMILES string of the molecule is CCC(CC(C)c1ccc(OB(Oc2ccc(C(CC)CC(C)c3ccc(O)cc3)cc2)c2cc(F)cc(F)c2)cc1)c1ccc(O)cc1. The van der Waals surface area contributed by atoms with Gasteiger partial charge in [-0.05, 0) is 132 Å². The van der Waals surface area contributed by atoms with Crippen molar-refractivity contribution in [1.29, 1.82) is 0 Å². The molecule has 254 valence electrons. The van der Waals surface area contributed by atoms with E-state index in [4.69, 9.17) is 9.31 Å². The van der Waals surface area contributed by atoms with Gasteiger partial charge in [-0.2, -0.15) is 0 Å². The van der Waals surface area contributed by atoms with Crippen molar-refractivity contribution in [1.82, 2.24) is 0 Å². The molecule has 0 aliphatic carbocycles. The van der Waals surface area contributed by atoms with E-state index in [2.05, 4.69) is 27.7 Å². The van der Waals surface area contributed by atoms with Gasteiger partial charge in [-0.3, -0.25) is 0 Å². The summed E-state index contributed by atoms with van der Waals surface area (Å²) in [5, 5.41) is 19.3. The Balaban J connectivity index is 1.29. The molecular weight excluding hydrogens is 617 g/mol. The number of hydrogen-bond donors (Lipinski definition) is 2. The Morgan fingerprint density at radius 1 is 0.531 bits per heavy atom. The minimum absolute atomic E-state index is 0.230. The Kier molecular flexibility index (Phi) is 12.0. The third kappa shape index (κ3) is 9.66. The number of rotatable bonds is 15. The average molecular weight is 663 g/mol. The van der Waals surface area contributed by atoms with Crippen LogP contribution in [-0.4, -0.2) is 17.3 Å². The predicted molar refractivity (Wildman–Crippen MR) is 194 cm³/mol. The maximum absolute atomic E-state index is 14.3. The minimum Gasteiger partial charge on any atom is -0.522 e. The van der Waals surface area contributed by atoms with E-state index >= 15 is 0 Å². The van der Waals surface area contributed by atoms with Crippen LogP contribution in [0.25, 0.3) is 0 Å². The van der Waals surface area contributed by atoms with Crippen molar-refractivity contribution < 1.29 is 28.3 Å². The van der Waals surface area contributed by atoms with E-state index in [0.29, 0.717) is 29.3 Å². The largest absolute Gasteiger partial charge is 0.632 e. The normalized spacial score (nSPS) is 13.7. The van der Waals surface area contributed by atoms with E-state index in [9.17, 15) is 19.0 Å². The third-order valence-corrected chi connectivity index (χ3v) is 9.53. The van der Waals surface area contributed by atoms with Crippen LogP contribution in [0.2, 0.25) is 0 Å². The molecule has 4 atom stereocenters. The van der Waals surface area contributed by atoms with Gasteiger partial charge in [0.15, 0.2) is 0 Å². The standard InChI is InChI=1S/C42H45BF2O4/c1-5-30(34-9-17-40(47)18-10-34)24-29(4)33-11-19-41(20-12-33)48-43(36-25-37(44)27-38(45)26-36)49-42-21-13-35(14-22-42)31(6-2)23-28(3)32-7-15-39(46)16-8-32/h7-22,25-31,46-47H,5-6,23-24H2,1-4H3. The highest BCUT2D eigenvalue weighted by molar-refractivity contribution is 6.62. The Morgan fingerprint density at radius 3 is 1.27 bits per heavy atom. The number of phenolic OH excluding ortho intramolecular Hbond substituents is 2. The first-order valence-corrected chi connectivity index (χ1v) is 17.2. The van der Waals surface area contributed by atoms with Crippen molar-refractivity contribution >= 4 is 12.6 Å². The second-order valence-corrected chi connectivity index (χ2v) is 13.1. The average Bonchev–Trinajstić information content (AvgIpc) is 3.10. The van der Waals surface area contributed by atoms with Gasteiger partial charge in [-0.15, -0.1) is 0 Å². The van der Waals surface area contributed by atoms with Crippen molar-refractivity contribution in [3.05, 3.63) is 149 Å². The predicted octanol–water partition coefficient (Wildman–Crippen LogP) is 10.6. The van der Waals surface area contributed by atoms with Gasteiger partial charge in [0.05, 0.1) is 0 Å². The monoisotopic (exact) mass is 662 g/mol. The fraction of sp³-hybridized carbons (Fsp3) is 0.286. The molecule has 7 heteroatoms. The number of benzene rings is 5. The molecular formula is C42H45BF2O4. The summed E-state index contributed by atoms with van der Waals surface area (Å²) < 4.78 is 41.2. The highest BCUT2D eigenvalue weighted by Gasteiger charge is 2.28. The molecule has 0 bridgehead atoms. The van der Waals surface area contributed by atoms with Crippen molar-refractivity contribution in [2.45, 2.75) is 77.0 Å². The highest BCUT2D eigenvalue weighted by Crippen LogP contribution is 2.35. The molecule has 4 nitrogen and oxygen atoms in total. The second-order valence-electron chi connectivity index (χ2n) is 13.1. The number of aromatic hydroxyl groups is 2. The van der Waals surface area contributed by atoms with Crippen LogP contribution in [0.5, 0.6) is 23.0 Å². The van der Waals surface area contributed by atoms with E-state index in [0.717, 1.165) is 37.3 Å². The molecule has 0 amide bonds. The number of hydrogen-bond acceptors (Lipinski definition) is 4. The van der Waals surface area contributed by atoms with Crippen LogP contribution in [0.15, 0.2) is 115 Å². The fourth-order valence-corrected chi connectivity index (χ4v) is 6.56. The van der Waals surface area contributed by atoms with Gasteiger partial charge in [-0.1, -0.05) is 76.2 Å². The van der Waals surface area contributed by atoms with Crippen molar-refractivity contribution in [2.75, 3.05) is 0 Å². The first kappa shape index (κ1) is 35.5. The molecule has 0 aromatic heterocycles. The fourth-order valence-electron chi connectivity index (χ4n) is 6.56. The van der Waals surface area contributed by atoms with Gasteiger partial charge in [0.1, 0.15) is 34.6 Å². The highest BCUT2D eigenvalue weighted by atomic mass is 19.1. The van der Waals surface area contributed by atoms with Gasteiger partial charge in [0.2, 0.25) is 0 Å². The molecule has 4 unspecified atom stereocenters. The maximum atomic E-state index is 14.3. The summed E-state index contributed by atoms with van der Waals surface area (Å²) in [4.78, 5) is 0. The first-order chi connectivity index (χ1) is 23.6. The van der Waals surface area contributed by atoms with Crippen molar-refractivity contribution in [3.63, 3.8) is 0 Å². The zero-order valence-electron chi connectivity index (χ0n) is 28.7. The summed E-state index contributed by atoms with van der Waals surface area (Å²) in [6.07, 6.45) is 3.83. The zero-order chi connectivity index (χ0) is 34.9. The van der Waals surface area contributed by atoms with Crippen LogP contribution >= 0.6 is 0 Å². The number of halogens is 2. The van der Waals surface area contributed by atoms with E-state index in [1.165, 1.54) is 28.8 Å². The molecule has 5 rings (SSSR count). The van der Waals surface area contributed by atoms with E-state index in [1.807, 2.05) is 72.8 Å². The van der Waals surface area contributed by atoms with Crippen molar-refractivity contribution in [2.24, 2.45) is 0 Å². The molecule has 0 saturated heterocycles. The first-order valence-electron chi connectivity index (χ1n) is 17.2. The molecule has 5 aromatic carbocycles. The van der Waals surface area contributed by atoms with E-state index < -0.39 is 18.8 Å². The van der Waals surface area contributed by atoms with E-state index in [1.54, 1.807) is 24.3 Å². The molecule has 2 N–H and O–H groups in total. The van der Waals surface area contributed by atoms with Gasteiger partial charge in [0, 0.05) is 11.5 Å². The Bertz CT molecular complexity index is 1740. The Hall–Kier alpha value is -4.78. The van der Waals surface area contributed by atoms with Crippen LogP contribution < -0.4 is 14.8 Å². The van der Waals surface area contributed by atoms with Crippen LogP contribution in [0.1, 0.15) is 99.3 Å².